The van der Waals surface area contributed by atoms with Crippen molar-refractivity contribution in [2.75, 3.05) is 7.05 Å². The minimum Gasteiger partial charge on any atom is -0.278 e. The van der Waals surface area contributed by atoms with Crippen LogP contribution in [0.3, 0.4) is 0 Å². The number of hydrogen-bond acceptors (Lipinski definition) is 5. The summed E-state index contributed by atoms with van der Waals surface area (Å²) in [5, 5.41) is 11.4. The monoisotopic (exact) mass is 306 g/mol. The number of aromatic nitrogens is 5. The minimum absolute atomic E-state index is 0.153. The molecule has 9 heteroatoms. The van der Waals surface area contributed by atoms with Crippen molar-refractivity contribution in [1.29, 1.82) is 0 Å². The standard InChI is InChI=1S/C12H14N6O2S/c1-17(7-12-13-8-15-18(12)2)21(19,20)10-4-3-9-6-14-16-11(9)5-10/h3-6,8H,7H2,1-2H3,(H,14,16). The highest BCUT2D eigenvalue weighted by atomic mass is 32.2. The van der Waals surface area contributed by atoms with Gasteiger partial charge < -0.3 is 0 Å². The van der Waals surface area contributed by atoms with Gasteiger partial charge in [0, 0.05) is 19.5 Å². The molecule has 3 aromatic rings. The van der Waals surface area contributed by atoms with E-state index in [4.69, 9.17) is 0 Å². The molecule has 0 aliphatic carbocycles. The summed E-state index contributed by atoms with van der Waals surface area (Å²) in [4.78, 5) is 4.25. The molecule has 0 unspecified atom stereocenters. The molecule has 0 aliphatic heterocycles. The molecule has 0 atom stereocenters. The topological polar surface area (TPSA) is 96.8 Å². The summed E-state index contributed by atoms with van der Waals surface area (Å²) in [6.45, 7) is 0.153. The van der Waals surface area contributed by atoms with Gasteiger partial charge in [0.2, 0.25) is 10.0 Å². The Hall–Kier alpha value is -2.26. The van der Waals surface area contributed by atoms with E-state index >= 15 is 0 Å². The molecule has 8 nitrogen and oxygen atoms in total. The third kappa shape index (κ3) is 2.41. The normalized spacial score (nSPS) is 12.3. The minimum atomic E-state index is -3.60. The SMILES string of the molecule is CN(Cc1ncnn1C)S(=O)(=O)c1ccc2cn[nH]c2c1. The van der Waals surface area contributed by atoms with Crippen molar-refractivity contribution in [3.8, 4) is 0 Å². The van der Waals surface area contributed by atoms with Crippen molar-refractivity contribution >= 4 is 20.9 Å². The second-order valence-electron chi connectivity index (χ2n) is 4.68. The first-order valence-corrected chi connectivity index (χ1v) is 7.65. The van der Waals surface area contributed by atoms with Crippen LogP contribution in [-0.4, -0.2) is 44.7 Å². The molecule has 0 spiro atoms. The second kappa shape index (κ2) is 4.93. The Kier molecular flexibility index (Phi) is 3.22. The van der Waals surface area contributed by atoms with Gasteiger partial charge >= 0.3 is 0 Å². The molecule has 0 bridgehead atoms. The Morgan fingerprint density at radius 1 is 1.38 bits per heavy atom. The Morgan fingerprint density at radius 2 is 2.19 bits per heavy atom. The van der Waals surface area contributed by atoms with Gasteiger partial charge in [-0.15, -0.1) is 0 Å². The maximum atomic E-state index is 12.6. The van der Waals surface area contributed by atoms with Gasteiger partial charge in [0.05, 0.1) is 23.2 Å². The Labute approximate surface area is 121 Å². The molecule has 2 aromatic heterocycles. The number of sulfonamides is 1. The lowest BCUT2D eigenvalue weighted by atomic mass is 10.3. The van der Waals surface area contributed by atoms with E-state index in [-0.39, 0.29) is 11.4 Å². The van der Waals surface area contributed by atoms with Gasteiger partial charge in [0.25, 0.3) is 0 Å². The lowest BCUT2D eigenvalue weighted by Crippen LogP contribution is -2.27. The van der Waals surface area contributed by atoms with E-state index in [0.717, 1.165) is 5.39 Å². The summed E-state index contributed by atoms with van der Waals surface area (Å²) in [6, 6.07) is 4.87. The number of aromatic amines is 1. The van der Waals surface area contributed by atoms with Crippen LogP contribution < -0.4 is 0 Å². The molecule has 0 saturated carbocycles. The average molecular weight is 306 g/mol. The lowest BCUT2D eigenvalue weighted by molar-refractivity contribution is 0.447. The molecule has 0 aliphatic rings. The van der Waals surface area contributed by atoms with E-state index in [1.165, 1.54) is 17.7 Å². The fraction of sp³-hybridized carbons (Fsp3) is 0.250. The van der Waals surface area contributed by atoms with Crippen LogP contribution in [0.15, 0.2) is 35.6 Å². The van der Waals surface area contributed by atoms with Crippen molar-refractivity contribution in [2.24, 2.45) is 7.05 Å². The number of benzene rings is 1. The third-order valence-corrected chi connectivity index (χ3v) is 5.09. The predicted molar refractivity (Wildman–Crippen MR) is 75.7 cm³/mol. The molecule has 1 N–H and O–H groups in total. The Balaban J connectivity index is 1.93. The van der Waals surface area contributed by atoms with Crippen molar-refractivity contribution in [2.45, 2.75) is 11.4 Å². The van der Waals surface area contributed by atoms with Gasteiger partial charge in [-0.1, -0.05) is 0 Å². The molecule has 0 saturated heterocycles. The summed E-state index contributed by atoms with van der Waals surface area (Å²) in [5.41, 5.74) is 0.683. The molecule has 0 fully saturated rings. The van der Waals surface area contributed by atoms with Crippen LogP contribution in [0.25, 0.3) is 10.9 Å². The van der Waals surface area contributed by atoms with Crippen LogP contribution in [-0.2, 0) is 23.6 Å². The maximum Gasteiger partial charge on any atom is 0.243 e. The van der Waals surface area contributed by atoms with Crippen molar-refractivity contribution < 1.29 is 8.42 Å². The lowest BCUT2D eigenvalue weighted by Gasteiger charge is -2.16. The van der Waals surface area contributed by atoms with Gasteiger partial charge in [0.15, 0.2) is 0 Å². The molecule has 0 radical (unpaired) electrons. The third-order valence-electron chi connectivity index (χ3n) is 3.29. The van der Waals surface area contributed by atoms with E-state index < -0.39 is 10.0 Å². The number of nitrogens with zero attached hydrogens (tertiary/aromatic N) is 5. The van der Waals surface area contributed by atoms with Gasteiger partial charge in [-0.25, -0.2) is 13.4 Å². The van der Waals surface area contributed by atoms with Gasteiger partial charge in [-0.05, 0) is 18.2 Å². The zero-order valence-corrected chi connectivity index (χ0v) is 12.4. The van der Waals surface area contributed by atoms with Gasteiger partial charge in [-0.2, -0.15) is 14.5 Å². The molecule has 0 amide bonds. The summed E-state index contributed by atoms with van der Waals surface area (Å²) in [5.74, 6) is 0.573. The quantitative estimate of drug-likeness (QED) is 0.757. The molecule has 21 heavy (non-hydrogen) atoms. The molecular formula is C12H14N6O2S. The van der Waals surface area contributed by atoms with E-state index in [2.05, 4.69) is 20.3 Å². The smallest absolute Gasteiger partial charge is 0.243 e. The second-order valence-corrected chi connectivity index (χ2v) is 6.72. The van der Waals surface area contributed by atoms with E-state index in [1.54, 1.807) is 36.1 Å². The van der Waals surface area contributed by atoms with Crippen LogP contribution in [0.1, 0.15) is 5.82 Å². The number of rotatable bonds is 4. The Bertz CT molecular complexity index is 882. The molecule has 2 heterocycles. The number of nitrogens with one attached hydrogen (secondary N) is 1. The van der Waals surface area contributed by atoms with Crippen LogP contribution in [0.5, 0.6) is 0 Å². The number of fused-ring (bicyclic) bond motifs is 1. The highest BCUT2D eigenvalue weighted by molar-refractivity contribution is 7.89. The molecule has 1 aromatic carbocycles. The van der Waals surface area contributed by atoms with Gasteiger partial charge in [0.1, 0.15) is 12.2 Å². The first-order valence-electron chi connectivity index (χ1n) is 6.21. The largest absolute Gasteiger partial charge is 0.278 e. The van der Waals surface area contributed by atoms with E-state index in [1.807, 2.05) is 0 Å². The summed E-state index contributed by atoms with van der Waals surface area (Å²) in [6.07, 6.45) is 3.04. The molecular weight excluding hydrogens is 292 g/mol. The van der Waals surface area contributed by atoms with Crippen molar-refractivity contribution in [1.82, 2.24) is 29.3 Å². The predicted octanol–water partition coefficient (Wildman–Crippen LogP) is 0.512. The zero-order valence-electron chi connectivity index (χ0n) is 11.6. The van der Waals surface area contributed by atoms with Crippen molar-refractivity contribution in [3.05, 3.63) is 36.5 Å². The number of aryl methyl sites for hydroxylation is 1. The van der Waals surface area contributed by atoms with Crippen LogP contribution in [0.2, 0.25) is 0 Å². The zero-order chi connectivity index (χ0) is 15.0. The number of H-pyrrole nitrogens is 1. The first kappa shape index (κ1) is 13.7. The fourth-order valence-electron chi connectivity index (χ4n) is 2.00. The van der Waals surface area contributed by atoms with Crippen LogP contribution >= 0.6 is 0 Å². The highest BCUT2D eigenvalue weighted by Crippen LogP contribution is 2.20. The Morgan fingerprint density at radius 3 is 2.90 bits per heavy atom. The average Bonchev–Trinajstić information content (AvgIpc) is 3.07. The summed E-state index contributed by atoms with van der Waals surface area (Å²) < 4.78 is 27.9. The number of hydrogen-bond donors (Lipinski definition) is 1. The van der Waals surface area contributed by atoms with Crippen molar-refractivity contribution in [3.63, 3.8) is 0 Å². The van der Waals surface area contributed by atoms with E-state index in [0.29, 0.717) is 11.3 Å². The van der Waals surface area contributed by atoms with Gasteiger partial charge in [-0.3, -0.25) is 9.78 Å². The summed E-state index contributed by atoms with van der Waals surface area (Å²) in [7, 11) is -0.360. The molecule has 110 valence electrons. The van der Waals surface area contributed by atoms with Crippen LogP contribution in [0.4, 0.5) is 0 Å². The summed E-state index contributed by atoms with van der Waals surface area (Å²) >= 11 is 0. The molecule has 3 rings (SSSR count). The van der Waals surface area contributed by atoms with Crippen LogP contribution in [0, 0.1) is 0 Å². The fourth-order valence-corrected chi connectivity index (χ4v) is 3.16. The maximum absolute atomic E-state index is 12.6. The van der Waals surface area contributed by atoms with E-state index in [9.17, 15) is 8.42 Å². The highest BCUT2D eigenvalue weighted by Gasteiger charge is 2.22. The first-order chi connectivity index (χ1) is 9.98.